The number of fused-ring (bicyclic) bond motifs is 7. The maximum atomic E-state index is 6.93. The van der Waals surface area contributed by atoms with E-state index in [-0.39, 0.29) is 17.1 Å². The Hall–Kier alpha value is -3.60. The first kappa shape index (κ1) is 25.4. The average Bonchev–Trinajstić information content (AvgIpc) is 3.49. The highest BCUT2D eigenvalue weighted by Gasteiger charge is 2.41. The first-order valence-electron chi connectivity index (χ1n) is 14.7. The summed E-state index contributed by atoms with van der Waals surface area (Å²) in [7, 11) is 0. The highest BCUT2D eigenvalue weighted by atomic mass is 16.5. The molecule has 1 aliphatic heterocycles. The van der Waals surface area contributed by atoms with Crippen molar-refractivity contribution in [1.29, 1.82) is 0 Å². The number of benzene rings is 4. The summed E-state index contributed by atoms with van der Waals surface area (Å²) in [5.41, 5.74) is 5.99. The van der Waals surface area contributed by atoms with Crippen molar-refractivity contribution in [1.82, 2.24) is 9.13 Å². The lowest BCUT2D eigenvalue weighted by atomic mass is 9.83. The lowest BCUT2D eigenvalue weighted by molar-refractivity contribution is -0.185. The van der Waals surface area contributed by atoms with Gasteiger partial charge < -0.3 is 18.6 Å². The predicted molar refractivity (Wildman–Crippen MR) is 167 cm³/mol. The summed E-state index contributed by atoms with van der Waals surface area (Å²) in [4.78, 5) is 0. The second-order valence-electron chi connectivity index (χ2n) is 11.9. The van der Waals surface area contributed by atoms with Crippen LogP contribution in [0.2, 0.25) is 0 Å². The van der Waals surface area contributed by atoms with Gasteiger partial charge in [0.25, 0.3) is 0 Å². The van der Waals surface area contributed by atoms with Crippen molar-refractivity contribution in [3.8, 4) is 5.69 Å². The van der Waals surface area contributed by atoms with Gasteiger partial charge in [-0.25, -0.2) is 0 Å². The van der Waals surface area contributed by atoms with Gasteiger partial charge in [0.1, 0.15) is 0 Å². The van der Waals surface area contributed by atoms with Crippen molar-refractivity contribution in [2.45, 2.75) is 52.2 Å². The Labute approximate surface area is 236 Å². The van der Waals surface area contributed by atoms with Gasteiger partial charge in [-0.1, -0.05) is 74.5 Å². The summed E-state index contributed by atoms with van der Waals surface area (Å²) in [6.45, 7) is 11.5. The van der Waals surface area contributed by atoms with Gasteiger partial charge in [-0.2, -0.15) is 0 Å². The van der Waals surface area contributed by atoms with E-state index in [0.717, 1.165) is 32.7 Å². The van der Waals surface area contributed by atoms with E-state index in [1.807, 2.05) is 0 Å². The number of rotatable bonds is 8. The maximum Gasteiger partial charge on any atom is 0.0855 e. The molecule has 3 heterocycles. The van der Waals surface area contributed by atoms with E-state index in [2.05, 4.69) is 128 Å². The minimum atomic E-state index is -0.341. The summed E-state index contributed by atoms with van der Waals surface area (Å²) < 4.78 is 17.5. The van der Waals surface area contributed by atoms with Crippen molar-refractivity contribution in [3.63, 3.8) is 0 Å². The molecule has 6 aromatic rings. The van der Waals surface area contributed by atoms with Crippen molar-refractivity contribution in [2.24, 2.45) is 5.41 Å². The number of ether oxygens (including phenoxy) is 2. The Morgan fingerprint density at radius 3 is 2.15 bits per heavy atom. The summed E-state index contributed by atoms with van der Waals surface area (Å²) in [6, 6.07) is 33.2. The molecule has 0 bridgehead atoms. The molecule has 40 heavy (non-hydrogen) atoms. The third-order valence-electron chi connectivity index (χ3n) is 9.77. The largest absolute Gasteiger partial charge is 0.380 e. The van der Waals surface area contributed by atoms with Gasteiger partial charge in [-0.3, -0.25) is 0 Å². The zero-order valence-electron chi connectivity index (χ0n) is 24.0. The van der Waals surface area contributed by atoms with Gasteiger partial charge in [0.2, 0.25) is 0 Å². The van der Waals surface area contributed by atoms with Crippen LogP contribution in [0.25, 0.3) is 49.3 Å². The third-order valence-corrected chi connectivity index (χ3v) is 9.77. The molecule has 4 nitrogen and oxygen atoms in total. The van der Waals surface area contributed by atoms with Crippen molar-refractivity contribution in [3.05, 3.63) is 91.0 Å². The molecule has 4 heteroatoms. The molecule has 0 saturated carbocycles. The monoisotopic (exact) mass is 530 g/mol. The van der Waals surface area contributed by atoms with E-state index in [4.69, 9.17) is 9.47 Å². The summed E-state index contributed by atoms with van der Waals surface area (Å²) >= 11 is 0. The molecule has 0 aliphatic carbocycles. The molecule has 7 rings (SSSR count). The van der Waals surface area contributed by atoms with Gasteiger partial charge in [0.15, 0.2) is 0 Å². The highest BCUT2D eigenvalue weighted by Crippen LogP contribution is 2.45. The molecule has 1 saturated heterocycles. The molecule has 1 fully saturated rings. The molecule has 1 aliphatic rings. The Kier molecular flexibility index (Phi) is 6.03. The van der Waals surface area contributed by atoms with Crippen LogP contribution in [0.15, 0.2) is 91.0 Å². The Morgan fingerprint density at radius 2 is 1.48 bits per heavy atom. The van der Waals surface area contributed by atoms with Crippen LogP contribution in [0, 0.1) is 5.41 Å². The average molecular weight is 531 g/mol. The zero-order valence-corrected chi connectivity index (χ0v) is 24.0. The fraction of sp³-hybridized carbons (Fsp3) is 0.333. The second-order valence-corrected chi connectivity index (χ2v) is 11.9. The Morgan fingerprint density at radius 1 is 0.800 bits per heavy atom. The van der Waals surface area contributed by atoms with Gasteiger partial charge >= 0.3 is 0 Å². The molecule has 2 atom stereocenters. The topological polar surface area (TPSA) is 28.3 Å². The molecule has 0 N–H and O–H groups in total. The van der Waals surface area contributed by atoms with Crippen LogP contribution in [0.3, 0.4) is 0 Å². The smallest absolute Gasteiger partial charge is 0.0855 e. The Bertz CT molecular complexity index is 1840. The summed E-state index contributed by atoms with van der Waals surface area (Å²) in [6.07, 6.45) is 2.00. The molecule has 0 amide bonds. The molecular formula is C36H38N2O2. The lowest BCUT2D eigenvalue weighted by Gasteiger charge is -2.45. The summed E-state index contributed by atoms with van der Waals surface area (Å²) in [5.74, 6) is 0. The van der Waals surface area contributed by atoms with Crippen molar-refractivity contribution in [2.75, 3.05) is 19.8 Å². The van der Waals surface area contributed by atoms with Gasteiger partial charge in [-0.15, -0.1) is 0 Å². The van der Waals surface area contributed by atoms with Crippen LogP contribution < -0.4 is 0 Å². The minimum absolute atomic E-state index is 0.110. The van der Waals surface area contributed by atoms with Crippen LogP contribution in [0.4, 0.5) is 0 Å². The number of aromatic nitrogens is 2. The normalized spacial score (nSPS) is 17.4. The van der Waals surface area contributed by atoms with Gasteiger partial charge in [0, 0.05) is 38.2 Å². The standard InChI is InChI=1S/C36H38N2O2/c1-5-35(4,40-24-36(6-2)22-39-23-36)25(3)37-30-18-12-10-16-27(30)28-20-21-32-33(34(28)37)29-17-11-13-19-31(29)38(32)26-14-8-7-9-15-26/h7-21,25H,5-6,22-24H2,1-4H3. The van der Waals surface area contributed by atoms with Crippen LogP contribution >= 0.6 is 0 Å². The van der Waals surface area contributed by atoms with E-state index in [9.17, 15) is 0 Å². The van der Waals surface area contributed by atoms with Gasteiger partial charge in [-0.05, 0) is 57.0 Å². The fourth-order valence-corrected chi connectivity index (χ4v) is 6.69. The van der Waals surface area contributed by atoms with E-state index < -0.39 is 0 Å². The van der Waals surface area contributed by atoms with Crippen LogP contribution in [-0.2, 0) is 9.47 Å². The number of hydrogen-bond acceptors (Lipinski definition) is 2. The van der Waals surface area contributed by atoms with Crippen LogP contribution in [-0.4, -0.2) is 34.6 Å². The van der Waals surface area contributed by atoms with Crippen LogP contribution in [0.5, 0.6) is 0 Å². The molecule has 2 unspecified atom stereocenters. The molecule has 0 radical (unpaired) electrons. The lowest BCUT2D eigenvalue weighted by Crippen LogP contribution is -2.49. The molecule has 2 aromatic heterocycles. The number of nitrogens with zero attached hydrogens (tertiary/aromatic N) is 2. The fourth-order valence-electron chi connectivity index (χ4n) is 6.69. The van der Waals surface area contributed by atoms with Crippen LogP contribution in [0.1, 0.15) is 46.6 Å². The van der Waals surface area contributed by atoms with E-state index in [0.29, 0.717) is 0 Å². The molecular weight excluding hydrogens is 492 g/mol. The quantitative estimate of drug-likeness (QED) is 0.196. The maximum absolute atomic E-state index is 6.93. The first-order valence-corrected chi connectivity index (χ1v) is 14.7. The van der Waals surface area contributed by atoms with E-state index >= 15 is 0 Å². The van der Waals surface area contributed by atoms with E-state index in [1.54, 1.807) is 0 Å². The minimum Gasteiger partial charge on any atom is -0.380 e. The second kappa shape index (κ2) is 9.50. The zero-order chi connectivity index (χ0) is 27.5. The Balaban J connectivity index is 1.51. The molecule has 204 valence electrons. The van der Waals surface area contributed by atoms with Crippen molar-refractivity contribution >= 4 is 43.6 Å². The predicted octanol–water partition coefficient (Wildman–Crippen LogP) is 9.06. The third kappa shape index (κ3) is 3.66. The molecule has 4 aromatic carbocycles. The summed E-state index contributed by atoms with van der Waals surface area (Å²) in [5, 5.41) is 5.16. The highest BCUT2D eigenvalue weighted by molar-refractivity contribution is 6.25. The van der Waals surface area contributed by atoms with Gasteiger partial charge in [0.05, 0.1) is 48.0 Å². The van der Waals surface area contributed by atoms with E-state index in [1.165, 1.54) is 49.3 Å². The molecule has 0 spiro atoms. The number of hydrogen-bond donors (Lipinski definition) is 0. The van der Waals surface area contributed by atoms with Crippen molar-refractivity contribution < 1.29 is 9.47 Å². The SMILES string of the molecule is CCC1(COC(C)(CC)C(C)n2c3ccccc3c3ccc4c(c5ccccc5n4-c4ccccc4)c32)COC1. The number of para-hydroxylation sites is 3. The first-order chi connectivity index (χ1) is 19.5.